The minimum absolute atomic E-state index is 0.146. The second-order valence-corrected chi connectivity index (χ2v) is 2.59. The van der Waals surface area contributed by atoms with Crippen molar-refractivity contribution < 1.29 is 8.78 Å². The summed E-state index contributed by atoms with van der Waals surface area (Å²) in [7, 11) is 0. The lowest BCUT2D eigenvalue weighted by atomic mass is 10.1. The number of nitrogen functional groups attached to an aromatic ring is 1. The van der Waals surface area contributed by atoms with Crippen molar-refractivity contribution in [3.63, 3.8) is 0 Å². The zero-order valence-electron chi connectivity index (χ0n) is 6.26. The molecule has 6 heteroatoms. The molecule has 0 aromatic carbocycles. The van der Waals surface area contributed by atoms with Crippen molar-refractivity contribution in [3.05, 3.63) is 22.3 Å². The Morgan fingerprint density at radius 1 is 1.62 bits per heavy atom. The lowest BCUT2D eigenvalue weighted by Crippen LogP contribution is -2.00. The number of hydrogen-bond acceptors (Lipinski definition) is 3. The molecule has 0 spiro atoms. The van der Waals surface area contributed by atoms with Crippen LogP contribution in [-0.4, -0.2) is 4.98 Å². The van der Waals surface area contributed by atoms with Gasteiger partial charge in [-0.25, -0.2) is 13.8 Å². The molecule has 1 aromatic heterocycles. The number of nitrogens with two attached hydrogens (primary N) is 1. The molecule has 0 aliphatic carbocycles. The molecule has 0 bridgehead atoms. The molecule has 1 heterocycles. The van der Waals surface area contributed by atoms with E-state index in [9.17, 15) is 8.78 Å². The van der Waals surface area contributed by atoms with Crippen molar-refractivity contribution in [2.45, 2.75) is 6.43 Å². The second-order valence-electron chi connectivity index (χ2n) is 2.21. The highest BCUT2D eigenvalue weighted by Crippen LogP contribution is 2.27. The minimum atomic E-state index is -2.78. The van der Waals surface area contributed by atoms with Gasteiger partial charge in [0.05, 0.1) is 0 Å². The summed E-state index contributed by atoms with van der Waals surface area (Å²) in [5.74, 6) is -0.273. The Hall–Kier alpha value is -1.41. The van der Waals surface area contributed by atoms with E-state index in [1.54, 1.807) is 6.07 Å². The first kappa shape index (κ1) is 9.68. The molecule has 1 rings (SSSR count). The Morgan fingerprint density at radius 3 is 2.69 bits per heavy atom. The normalized spacial score (nSPS) is 10.1. The Balaban J connectivity index is 3.41. The zero-order chi connectivity index (χ0) is 10.0. The molecule has 1 aromatic rings. The zero-order valence-corrected chi connectivity index (χ0v) is 7.02. The first-order valence-corrected chi connectivity index (χ1v) is 3.58. The minimum Gasteiger partial charge on any atom is -0.383 e. The number of alkyl halides is 2. The molecule has 0 radical (unpaired) electrons. The number of nitriles is 1. The van der Waals surface area contributed by atoms with Crippen molar-refractivity contribution in [3.8, 4) is 6.07 Å². The molecule has 3 nitrogen and oxygen atoms in total. The van der Waals surface area contributed by atoms with Crippen LogP contribution in [0.4, 0.5) is 14.6 Å². The third kappa shape index (κ3) is 1.84. The van der Waals surface area contributed by atoms with Gasteiger partial charge in [-0.05, 0) is 6.07 Å². The third-order valence-electron chi connectivity index (χ3n) is 1.39. The van der Waals surface area contributed by atoms with E-state index in [0.717, 1.165) is 6.07 Å². The largest absolute Gasteiger partial charge is 0.383 e. The molecule has 0 saturated heterocycles. The molecule has 2 N–H and O–H groups in total. The molecule has 0 fully saturated rings. The van der Waals surface area contributed by atoms with Gasteiger partial charge in [-0.2, -0.15) is 5.26 Å². The van der Waals surface area contributed by atoms with E-state index in [1.807, 2.05) is 0 Å². The molecule has 68 valence electrons. The summed E-state index contributed by atoms with van der Waals surface area (Å²) in [6.07, 6.45) is -2.78. The molecule has 13 heavy (non-hydrogen) atoms. The average Bonchev–Trinajstić information content (AvgIpc) is 2.02. The number of rotatable bonds is 1. The van der Waals surface area contributed by atoms with Gasteiger partial charge in [0.2, 0.25) is 0 Å². The number of halogens is 3. The van der Waals surface area contributed by atoms with Crippen LogP contribution in [0.3, 0.4) is 0 Å². The average molecular weight is 204 g/mol. The van der Waals surface area contributed by atoms with Gasteiger partial charge in [0, 0.05) is 5.56 Å². The summed E-state index contributed by atoms with van der Waals surface area (Å²) in [4.78, 5) is 3.47. The van der Waals surface area contributed by atoms with Gasteiger partial charge >= 0.3 is 0 Å². The number of hydrogen-bond donors (Lipinski definition) is 1. The molecular weight excluding hydrogens is 200 g/mol. The standard InChI is InChI=1S/C7H4ClF2N3/c8-5-1-3(6(9)10)4(2-11)7(12)13-5/h1,6H,(H2,12,13). The Labute approximate surface area is 77.7 Å². The maximum absolute atomic E-state index is 12.3. The quantitative estimate of drug-likeness (QED) is 0.711. The highest BCUT2D eigenvalue weighted by Gasteiger charge is 2.17. The molecule has 0 aliphatic rings. The smallest absolute Gasteiger partial charge is 0.265 e. The predicted molar refractivity (Wildman–Crippen MR) is 43.3 cm³/mol. The van der Waals surface area contributed by atoms with Gasteiger partial charge in [0.25, 0.3) is 6.43 Å². The number of aromatic nitrogens is 1. The summed E-state index contributed by atoms with van der Waals surface area (Å²) in [5, 5.41) is 8.35. The topological polar surface area (TPSA) is 62.7 Å². The Morgan fingerprint density at radius 2 is 2.23 bits per heavy atom. The van der Waals surface area contributed by atoms with Crippen LogP contribution in [0, 0.1) is 11.3 Å². The SMILES string of the molecule is N#Cc1c(C(F)F)cc(Cl)nc1N. The van der Waals surface area contributed by atoms with Crippen molar-refractivity contribution in [2.75, 3.05) is 5.73 Å². The van der Waals surface area contributed by atoms with E-state index in [2.05, 4.69) is 4.98 Å². The Bertz CT molecular complexity index is 373. The summed E-state index contributed by atoms with van der Waals surface area (Å²) >= 11 is 5.39. The first-order valence-electron chi connectivity index (χ1n) is 3.20. The molecule has 0 amide bonds. The monoisotopic (exact) mass is 203 g/mol. The fraction of sp³-hybridized carbons (Fsp3) is 0.143. The van der Waals surface area contributed by atoms with Crippen LogP contribution < -0.4 is 5.73 Å². The fourth-order valence-corrected chi connectivity index (χ4v) is 1.05. The van der Waals surface area contributed by atoms with E-state index in [4.69, 9.17) is 22.6 Å². The highest BCUT2D eigenvalue weighted by molar-refractivity contribution is 6.29. The maximum Gasteiger partial charge on any atom is 0.265 e. The number of nitrogens with zero attached hydrogens (tertiary/aromatic N) is 2. The number of anilines is 1. The van der Waals surface area contributed by atoms with Crippen LogP contribution in [0.5, 0.6) is 0 Å². The van der Waals surface area contributed by atoms with Crippen LogP contribution >= 0.6 is 11.6 Å². The van der Waals surface area contributed by atoms with Gasteiger partial charge in [-0.3, -0.25) is 0 Å². The summed E-state index contributed by atoms with van der Waals surface area (Å²) in [5.41, 5.74) is 4.41. The summed E-state index contributed by atoms with van der Waals surface area (Å²) in [6.45, 7) is 0. The van der Waals surface area contributed by atoms with Crippen LogP contribution in [0.15, 0.2) is 6.07 Å². The third-order valence-corrected chi connectivity index (χ3v) is 1.59. The fourth-order valence-electron chi connectivity index (χ4n) is 0.846. The Kier molecular flexibility index (Phi) is 2.63. The van der Waals surface area contributed by atoms with Crippen molar-refractivity contribution in [1.82, 2.24) is 4.98 Å². The predicted octanol–water partition coefficient (Wildman–Crippen LogP) is 2.13. The number of pyridine rings is 1. The van der Waals surface area contributed by atoms with E-state index in [1.165, 1.54) is 0 Å². The van der Waals surface area contributed by atoms with E-state index >= 15 is 0 Å². The lowest BCUT2D eigenvalue weighted by Gasteiger charge is -2.04. The van der Waals surface area contributed by atoms with Gasteiger partial charge in [-0.15, -0.1) is 0 Å². The van der Waals surface area contributed by atoms with E-state index in [0.29, 0.717) is 0 Å². The summed E-state index contributed by atoms with van der Waals surface area (Å²) < 4.78 is 24.6. The van der Waals surface area contributed by atoms with Gasteiger partial charge in [0.15, 0.2) is 0 Å². The van der Waals surface area contributed by atoms with Crippen molar-refractivity contribution in [1.29, 1.82) is 5.26 Å². The van der Waals surface area contributed by atoms with Crippen LogP contribution in [-0.2, 0) is 0 Å². The highest BCUT2D eigenvalue weighted by atomic mass is 35.5. The van der Waals surface area contributed by atoms with Gasteiger partial charge < -0.3 is 5.73 Å². The van der Waals surface area contributed by atoms with Crippen molar-refractivity contribution >= 4 is 17.4 Å². The molecule has 0 saturated carbocycles. The van der Waals surface area contributed by atoms with E-state index in [-0.39, 0.29) is 16.5 Å². The van der Waals surface area contributed by atoms with Gasteiger partial charge in [0.1, 0.15) is 22.6 Å². The molecule has 0 aliphatic heterocycles. The molecule has 0 unspecified atom stereocenters. The lowest BCUT2D eigenvalue weighted by molar-refractivity contribution is 0.151. The van der Waals surface area contributed by atoms with E-state index < -0.39 is 12.0 Å². The first-order chi connectivity index (χ1) is 6.06. The maximum atomic E-state index is 12.3. The van der Waals surface area contributed by atoms with Crippen LogP contribution in [0.1, 0.15) is 17.6 Å². The van der Waals surface area contributed by atoms with Gasteiger partial charge in [-0.1, -0.05) is 11.6 Å². The summed E-state index contributed by atoms with van der Waals surface area (Å²) in [6, 6.07) is 2.48. The van der Waals surface area contributed by atoms with Crippen LogP contribution in [0.2, 0.25) is 5.15 Å². The second kappa shape index (κ2) is 3.54. The van der Waals surface area contributed by atoms with Crippen molar-refractivity contribution in [2.24, 2.45) is 0 Å². The molecular formula is C7H4ClF2N3. The van der Waals surface area contributed by atoms with Crippen LogP contribution in [0.25, 0.3) is 0 Å². The molecule has 0 atom stereocenters.